The molecule has 2 atom stereocenters. The summed E-state index contributed by atoms with van der Waals surface area (Å²) in [5.74, 6) is 1.16. The number of hydrogen-bond acceptors (Lipinski definition) is 1. The average Bonchev–Trinajstić information content (AvgIpc) is 2.30. The molecule has 0 bridgehead atoms. The molecule has 0 aromatic carbocycles. The fourth-order valence-corrected chi connectivity index (χ4v) is 3.38. The third kappa shape index (κ3) is 2.52. The van der Waals surface area contributed by atoms with Gasteiger partial charge in [-0.2, -0.15) is 0 Å². The van der Waals surface area contributed by atoms with Gasteiger partial charge in [0.15, 0.2) is 0 Å². The first-order valence-corrected chi connectivity index (χ1v) is 6.64. The number of nitrogens with one attached hydrogen (secondary N) is 1. The predicted molar refractivity (Wildman–Crippen MR) is 61.7 cm³/mol. The molecule has 0 aromatic heterocycles. The Kier molecular flexibility index (Phi) is 3.65. The van der Waals surface area contributed by atoms with E-state index in [9.17, 15) is 4.39 Å². The normalized spacial score (nSPS) is 36.4. The Balaban J connectivity index is 1.95. The molecule has 0 spiro atoms. The third-order valence-corrected chi connectivity index (χ3v) is 4.53. The molecule has 88 valence electrons. The molecule has 0 aromatic rings. The third-order valence-electron chi connectivity index (χ3n) is 4.53. The zero-order valence-electron chi connectivity index (χ0n) is 9.90. The van der Waals surface area contributed by atoms with E-state index in [1.54, 1.807) is 0 Å². The van der Waals surface area contributed by atoms with Gasteiger partial charge in [-0.15, -0.1) is 0 Å². The van der Waals surface area contributed by atoms with Crippen molar-refractivity contribution in [2.45, 2.75) is 57.5 Å². The fourth-order valence-electron chi connectivity index (χ4n) is 3.38. The lowest BCUT2D eigenvalue weighted by molar-refractivity contribution is 0.0130. The van der Waals surface area contributed by atoms with E-state index in [4.69, 9.17) is 0 Å². The predicted octanol–water partition coefficient (Wildman–Crippen LogP) is 3.29. The molecule has 2 aliphatic rings. The van der Waals surface area contributed by atoms with Gasteiger partial charge >= 0.3 is 0 Å². The minimum absolute atomic E-state index is 0.360. The molecule has 0 amide bonds. The quantitative estimate of drug-likeness (QED) is 0.742. The Morgan fingerprint density at radius 3 is 2.67 bits per heavy atom. The zero-order valence-corrected chi connectivity index (χ0v) is 9.90. The van der Waals surface area contributed by atoms with Gasteiger partial charge in [-0.25, -0.2) is 4.39 Å². The summed E-state index contributed by atoms with van der Waals surface area (Å²) in [5.41, 5.74) is -0.834. The minimum Gasteiger partial charge on any atom is -0.316 e. The summed E-state index contributed by atoms with van der Waals surface area (Å²) in [4.78, 5) is 0. The SMILES string of the molecule is CCC1CCCC(C2(F)CCNCC2)C1. The van der Waals surface area contributed by atoms with E-state index >= 15 is 0 Å². The summed E-state index contributed by atoms with van der Waals surface area (Å²) >= 11 is 0. The standard InChI is InChI=1S/C13H24FN/c1-2-11-4-3-5-12(10-11)13(14)6-8-15-9-7-13/h11-12,15H,2-10H2,1H3. The van der Waals surface area contributed by atoms with Crippen molar-refractivity contribution >= 4 is 0 Å². The first kappa shape index (κ1) is 11.4. The van der Waals surface area contributed by atoms with E-state index in [-0.39, 0.29) is 0 Å². The van der Waals surface area contributed by atoms with Gasteiger partial charge in [-0.05, 0) is 50.6 Å². The van der Waals surface area contributed by atoms with Gasteiger partial charge in [0, 0.05) is 0 Å². The second-order valence-corrected chi connectivity index (χ2v) is 5.42. The Hall–Kier alpha value is -0.110. The van der Waals surface area contributed by atoms with Gasteiger partial charge in [0.25, 0.3) is 0 Å². The van der Waals surface area contributed by atoms with Gasteiger partial charge in [-0.1, -0.05) is 26.2 Å². The highest BCUT2D eigenvalue weighted by Gasteiger charge is 2.41. The Morgan fingerprint density at radius 2 is 2.00 bits per heavy atom. The molecule has 15 heavy (non-hydrogen) atoms. The van der Waals surface area contributed by atoms with Crippen molar-refractivity contribution in [3.63, 3.8) is 0 Å². The second kappa shape index (κ2) is 4.82. The van der Waals surface area contributed by atoms with E-state index in [0.29, 0.717) is 5.92 Å². The van der Waals surface area contributed by atoms with E-state index < -0.39 is 5.67 Å². The maximum Gasteiger partial charge on any atom is 0.116 e. The number of alkyl halides is 1. The van der Waals surface area contributed by atoms with Crippen LogP contribution in [0.25, 0.3) is 0 Å². The molecule has 1 aliphatic heterocycles. The topological polar surface area (TPSA) is 12.0 Å². The summed E-state index contributed by atoms with van der Waals surface area (Å²) in [5, 5.41) is 3.26. The van der Waals surface area contributed by atoms with Crippen LogP contribution in [-0.4, -0.2) is 18.8 Å². The van der Waals surface area contributed by atoms with Crippen LogP contribution >= 0.6 is 0 Å². The summed E-state index contributed by atoms with van der Waals surface area (Å²) < 4.78 is 14.7. The monoisotopic (exact) mass is 213 g/mol. The first-order chi connectivity index (χ1) is 7.24. The maximum absolute atomic E-state index is 14.7. The van der Waals surface area contributed by atoms with Crippen molar-refractivity contribution in [1.82, 2.24) is 5.32 Å². The molecule has 2 fully saturated rings. The van der Waals surface area contributed by atoms with Crippen LogP contribution in [0.4, 0.5) is 4.39 Å². The van der Waals surface area contributed by atoms with Crippen LogP contribution in [0.3, 0.4) is 0 Å². The fraction of sp³-hybridized carbons (Fsp3) is 1.00. The van der Waals surface area contributed by atoms with Crippen molar-refractivity contribution in [1.29, 1.82) is 0 Å². The van der Waals surface area contributed by atoms with Crippen molar-refractivity contribution in [2.24, 2.45) is 11.8 Å². The molecule has 1 nitrogen and oxygen atoms in total. The van der Waals surface area contributed by atoms with Gasteiger partial charge in [0.1, 0.15) is 5.67 Å². The Morgan fingerprint density at radius 1 is 1.27 bits per heavy atom. The van der Waals surface area contributed by atoms with Gasteiger partial charge in [-0.3, -0.25) is 0 Å². The number of rotatable bonds is 2. The van der Waals surface area contributed by atoms with Crippen LogP contribution in [0.1, 0.15) is 51.9 Å². The van der Waals surface area contributed by atoms with Crippen molar-refractivity contribution in [3.8, 4) is 0 Å². The lowest BCUT2D eigenvalue weighted by Crippen LogP contribution is -2.45. The largest absolute Gasteiger partial charge is 0.316 e. The molecular weight excluding hydrogens is 189 g/mol. The minimum atomic E-state index is -0.834. The lowest BCUT2D eigenvalue weighted by Gasteiger charge is -2.41. The highest BCUT2D eigenvalue weighted by Crippen LogP contribution is 2.43. The lowest BCUT2D eigenvalue weighted by atomic mass is 9.70. The van der Waals surface area contributed by atoms with Gasteiger partial charge in [0.2, 0.25) is 0 Å². The molecule has 2 rings (SSSR count). The van der Waals surface area contributed by atoms with Gasteiger partial charge < -0.3 is 5.32 Å². The smallest absolute Gasteiger partial charge is 0.116 e. The first-order valence-electron chi connectivity index (χ1n) is 6.64. The number of piperidine rings is 1. The van der Waals surface area contributed by atoms with E-state index in [0.717, 1.165) is 44.7 Å². The Bertz CT molecular complexity index is 199. The number of halogens is 1. The second-order valence-electron chi connectivity index (χ2n) is 5.42. The van der Waals surface area contributed by atoms with Gasteiger partial charge in [0.05, 0.1) is 0 Å². The van der Waals surface area contributed by atoms with Crippen molar-refractivity contribution < 1.29 is 4.39 Å². The van der Waals surface area contributed by atoms with Crippen LogP contribution in [0, 0.1) is 11.8 Å². The van der Waals surface area contributed by atoms with Crippen LogP contribution in [0.5, 0.6) is 0 Å². The molecule has 1 saturated carbocycles. The van der Waals surface area contributed by atoms with E-state index in [1.165, 1.54) is 19.3 Å². The molecular formula is C13H24FN. The summed E-state index contributed by atoms with van der Waals surface area (Å²) in [6.07, 6.45) is 7.59. The summed E-state index contributed by atoms with van der Waals surface area (Å²) in [6.45, 7) is 4.01. The Labute approximate surface area is 92.8 Å². The molecule has 1 N–H and O–H groups in total. The van der Waals surface area contributed by atoms with Crippen LogP contribution in [-0.2, 0) is 0 Å². The van der Waals surface area contributed by atoms with Crippen LogP contribution < -0.4 is 5.32 Å². The van der Waals surface area contributed by atoms with Crippen LogP contribution in [0.2, 0.25) is 0 Å². The molecule has 1 heterocycles. The van der Waals surface area contributed by atoms with Crippen molar-refractivity contribution in [3.05, 3.63) is 0 Å². The number of hydrogen-bond donors (Lipinski definition) is 1. The zero-order chi connectivity index (χ0) is 10.7. The van der Waals surface area contributed by atoms with Crippen molar-refractivity contribution in [2.75, 3.05) is 13.1 Å². The molecule has 2 heteroatoms. The molecule has 0 radical (unpaired) electrons. The molecule has 1 aliphatic carbocycles. The van der Waals surface area contributed by atoms with E-state index in [2.05, 4.69) is 12.2 Å². The summed E-state index contributed by atoms with van der Waals surface area (Å²) in [7, 11) is 0. The average molecular weight is 213 g/mol. The maximum atomic E-state index is 14.7. The molecule has 2 unspecified atom stereocenters. The summed E-state index contributed by atoms with van der Waals surface area (Å²) in [6, 6.07) is 0. The highest BCUT2D eigenvalue weighted by molar-refractivity contribution is 4.93. The van der Waals surface area contributed by atoms with Crippen LogP contribution in [0.15, 0.2) is 0 Å². The van der Waals surface area contributed by atoms with E-state index in [1.807, 2.05) is 0 Å². The molecule has 1 saturated heterocycles. The highest BCUT2D eigenvalue weighted by atomic mass is 19.1.